The van der Waals surface area contributed by atoms with Gasteiger partial charge in [-0.25, -0.2) is 8.78 Å². The molecule has 15 heavy (non-hydrogen) atoms. The van der Waals surface area contributed by atoms with E-state index in [1.54, 1.807) is 0 Å². The van der Waals surface area contributed by atoms with Crippen LogP contribution >= 0.6 is 0 Å². The molecule has 1 saturated carbocycles. The molecule has 2 rings (SSSR count). The first kappa shape index (κ1) is 10.6. The molecule has 1 fully saturated rings. The highest BCUT2D eigenvalue weighted by atomic mass is 19.1. The smallest absolute Gasteiger partial charge is 0.129 e. The van der Waals surface area contributed by atoms with Gasteiger partial charge in [0, 0.05) is 6.07 Å². The molecule has 0 radical (unpaired) electrons. The van der Waals surface area contributed by atoms with Crippen LogP contribution in [-0.2, 0) is 6.42 Å². The summed E-state index contributed by atoms with van der Waals surface area (Å²) in [5.74, 6) is 0.0329. The van der Waals surface area contributed by atoms with Gasteiger partial charge in [-0.15, -0.1) is 0 Å². The van der Waals surface area contributed by atoms with E-state index in [0.29, 0.717) is 30.4 Å². The quantitative estimate of drug-likeness (QED) is 0.813. The van der Waals surface area contributed by atoms with Crippen molar-refractivity contribution in [3.8, 4) is 0 Å². The van der Waals surface area contributed by atoms with Crippen LogP contribution in [0.2, 0.25) is 0 Å². The van der Waals surface area contributed by atoms with E-state index in [1.807, 2.05) is 0 Å². The molecule has 0 aliphatic heterocycles. The summed E-state index contributed by atoms with van der Waals surface area (Å²) in [5, 5.41) is 0. The molecule has 1 aliphatic carbocycles. The van der Waals surface area contributed by atoms with E-state index in [9.17, 15) is 8.78 Å². The number of rotatable bonds is 4. The van der Waals surface area contributed by atoms with Crippen molar-refractivity contribution in [1.82, 2.24) is 0 Å². The third kappa shape index (κ3) is 2.53. The van der Waals surface area contributed by atoms with Crippen LogP contribution in [0, 0.1) is 23.5 Å². The van der Waals surface area contributed by atoms with Gasteiger partial charge in [0.2, 0.25) is 0 Å². The minimum absolute atomic E-state index is 0.352. The minimum atomic E-state index is -0.521. The Bertz CT molecular complexity index is 347. The van der Waals surface area contributed by atoms with Crippen molar-refractivity contribution in [2.75, 3.05) is 6.54 Å². The zero-order chi connectivity index (χ0) is 10.8. The van der Waals surface area contributed by atoms with E-state index in [1.165, 1.54) is 25.0 Å². The Balaban J connectivity index is 2.08. The van der Waals surface area contributed by atoms with Crippen molar-refractivity contribution in [3.05, 3.63) is 35.4 Å². The number of benzene rings is 1. The molecule has 0 bridgehead atoms. The zero-order valence-corrected chi connectivity index (χ0v) is 8.55. The highest BCUT2D eigenvalue weighted by Crippen LogP contribution is 2.38. The van der Waals surface area contributed by atoms with Crippen LogP contribution in [0.3, 0.4) is 0 Å². The van der Waals surface area contributed by atoms with Crippen molar-refractivity contribution < 1.29 is 8.78 Å². The predicted octanol–water partition coefficient (Wildman–Crippen LogP) is 2.49. The second-order valence-electron chi connectivity index (χ2n) is 4.27. The molecule has 0 amide bonds. The fraction of sp³-hybridized carbons (Fsp3) is 0.500. The molecule has 1 aliphatic rings. The zero-order valence-electron chi connectivity index (χ0n) is 8.55. The molecule has 0 heterocycles. The van der Waals surface area contributed by atoms with Crippen LogP contribution in [0.15, 0.2) is 18.2 Å². The van der Waals surface area contributed by atoms with Crippen LogP contribution in [0.25, 0.3) is 0 Å². The van der Waals surface area contributed by atoms with Gasteiger partial charge < -0.3 is 5.73 Å². The second kappa shape index (κ2) is 4.27. The lowest BCUT2D eigenvalue weighted by atomic mass is 9.94. The summed E-state index contributed by atoms with van der Waals surface area (Å²) < 4.78 is 26.0. The summed E-state index contributed by atoms with van der Waals surface area (Å²) in [4.78, 5) is 0. The lowest BCUT2D eigenvalue weighted by Crippen LogP contribution is -2.19. The van der Waals surface area contributed by atoms with Crippen LogP contribution in [0.4, 0.5) is 8.78 Å². The number of nitrogens with two attached hydrogens (primary N) is 1. The minimum Gasteiger partial charge on any atom is -0.330 e. The van der Waals surface area contributed by atoms with E-state index >= 15 is 0 Å². The molecule has 1 aromatic rings. The molecular weight excluding hydrogens is 196 g/mol. The van der Waals surface area contributed by atoms with Crippen LogP contribution in [-0.4, -0.2) is 6.54 Å². The van der Waals surface area contributed by atoms with Crippen molar-refractivity contribution in [1.29, 1.82) is 0 Å². The number of hydrogen-bond acceptors (Lipinski definition) is 1. The molecule has 3 heteroatoms. The van der Waals surface area contributed by atoms with Gasteiger partial charge in [-0.05, 0) is 49.3 Å². The lowest BCUT2D eigenvalue weighted by Gasteiger charge is -2.13. The maximum Gasteiger partial charge on any atom is 0.129 e. The summed E-state index contributed by atoms with van der Waals surface area (Å²) in [7, 11) is 0. The molecule has 1 atom stereocenters. The summed E-state index contributed by atoms with van der Waals surface area (Å²) in [6.07, 6.45) is 3.03. The maximum atomic E-state index is 13.4. The van der Waals surface area contributed by atoms with Gasteiger partial charge >= 0.3 is 0 Å². The van der Waals surface area contributed by atoms with Crippen LogP contribution < -0.4 is 5.73 Å². The van der Waals surface area contributed by atoms with Gasteiger partial charge in [-0.1, -0.05) is 6.07 Å². The van der Waals surface area contributed by atoms with Gasteiger partial charge in [0.05, 0.1) is 0 Å². The fourth-order valence-corrected chi connectivity index (χ4v) is 1.98. The summed E-state index contributed by atoms with van der Waals surface area (Å²) in [6.45, 7) is 0.585. The molecule has 0 saturated heterocycles. The van der Waals surface area contributed by atoms with E-state index in [4.69, 9.17) is 5.73 Å². The van der Waals surface area contributed by atoms with Crippen LogP contribution in [0.1, 0.15) is 18.4 Å². The maximum absolute atomic E-state index is 13.4. The molecule has 0 spiro atoms. The van der Waals surface area contributed by atoms with E-state index in [2.05, 4.69) is 0 Å². The average Bonchev–Trinajstić information content (AvgIpc) is 3.00. The lowest BCUT2D eigenvalue weighted by molar-refractivity contribution is 0.457. The first-order chi connectivity index (χ1) is 7.20. The molecule has 82 valence electrons. The van der Waals surface area contributed by atoms with Crippen molar-refractivity contribution in [3.63, 3.8) is 0 Å². The third-order valence-electron chi connectivity index (χ3n) is 3.09. The number of halogens is 2. The topological polar surface area (TPSA) is 26.0 Å². The van der Waals surface area contributed by atoms with Crippen molar-refractivity contribution in [2.45, 2.75) is 19.3 Å². The van der Waals surface area contributed by atoms with E-state index in [0.717, 1.165) is 6.07 Å². The largest absolute Gasteiger partial charge is 0.330 e. The average molecular weight is 211 g/mol. The molecule has 1 nitrogen and oxygen atoms in total. The second-order valence-corrected chi connectivity index (χ2v) is 4.27. The summed E-state index contributed by atoms with van der Waals surface area (Å²) in [6, 6.07) is 3.77. The number of hydrogen-bond donors (Lipinski definition) is 1. The Kier molecular flexibility index (Phi) is 3.00. The predicted molar refractivity (Wildman–Crippen MR) is 55.3 cm³/mol. The monoisotopic (exact) mass is 211 g/mol. The standard InChI is InChI=1S/C12H15F2N/c13-11-4-3-9(12(14)6-11)5-10(7-15)8-1-2-8/h3-4,6,8,10H,1-2,5,7,15H2/t10-/m0/s1. The first-order valence-electron chi connectivity index (χ1n) is 5.34. The Hall–Kier alpha value is -0.960. The Morgan fingerprint density at radius 1 is 1.33 bits per heavy atom. The molecule has 0 aromatic heterocycles. The third-order valence-corrected chi connectivity index (χ3v) is 3.09. The Morgan fingerprint density at radius 3 is 2.60 bits per heavy atom. The highest BCUT2D eigenvalue weighted by Gasteiger charge is 2.30. The van der Waals surface area contributed by atoms with E-state index in [-0.39, 0.29) is 0 Å². The van der Waals surface area contributed by atoms with Crippen molar-refractivity contribution in [2.24, 2.45) is 17.6 Å². The van der Waals surface area contributed by atoms with Gasteiger partial charge in [-0.2, -0.15) is 0 Å². The SMILES string of the molecule is NC[C@H](Cc1ccc(F)cc1F)C1CC1. The Labute approximate surface area is 88.3 Å². The first-order valence-corrected chi connectivity index (χ1v) is 5.34. The normalized spacial score (nSPS) is 17.8. The van der Waals surface area contributed by atoms with Gasteiger partial charge in [0.1, 0.15) is 11.6 Å². The van der Waals surface area contributed by atoms with Crippen LogP contribution in [0.5, 0.6) is 0 Å². The molecule has 0 unspecified atom stereocenters. The fourth-order valence-electron chi connectivity index (χ4n) is 1.98. The Morgan fingerprint density at radius 2 is 2.07 bits per heavy atom. The molecule has 1 aromatic carbocycles. The van der Waals surface area contributed by atoms with Gasteiger partial charge in [0.25, 0.3) is 0 Å². The van der Waals surface area contributed by atoms with E-state index < -0.39 is 11.6 Å². The summed E-state index contributed by atoms with van der Waals surface area (Å²) in [5.41, 5.74) is 6.23. The highest BCUT2D eigenvalue weighted by molar-refractivity contribution is 5.19. The summed E-state index contributed by atoms with van der Waals surface area (Å²) >= 11 is 0. The van der Waals surface area contributed by atoms with Gasteiger partial charge in [-0.3, -0.25) is 0 Å². The van der Waals surface area contributed by atoms with Gasteiger partial charge in [0.15, 0.2) is 0 Å². The molecule has 2 N–H and O–H groups in total. The van der Waals surface area contributed by atoms with Crippen molar-refractivity contribution >= 4 is 0 Å². The molecular formula is C12H15F2N.